The van der Waals surface area contributed by atoms with Crippen LogP contribution in [0.25, 0.3) is 33.4 Å². The fourth-order valence-electron chi connectivity index (χ4n) is 8.28. The topological polar surface area (TPSA) is 27.7 Å². The number of benzene rings is 7. The highest BCUT2D eigenvalue weighted by molar-refractivity contribution is 5.72. The maximum absolute atomic E-state index is 14.9. The molecule has 0 aliphatic carbocycles. The summed E-state index contributed by atoms with van der Waals surface area (Å²) in [4.78, 5) is 0. The molecule has 0 amide bonds. The van der Waals surface area contributed by atoms with E-state index in [9.17, 15) is 65.9 Å². The zero-order chi connectivity index (χ0) is 52.9. The smallest absolute Gasteiger partial charge is 0.429 e. The van der Waals surface area contributed by atoms with Gasteiger partial charge < -0.3 is 14.2 Å². The fourth-order valence-corrected chi connectivity index (χ4v) is 8.28. The maximum atomic E-state index is 14.9. The Hall–Kier alpha value is -6.95. The molecule has 0 bridgehead atoms. The minimum Gasteiger partial charge on any atom is -0.429 e. The molecule has 1 saturated heterocycles. The van der Waals surface area contributed by atoms with Crippen LogP contribution in [0.2, 0.25) is 0 Å². The molecule has 1 heterocycles. The number of hydrogen-bond donors (Lipinski definition) is 0. The first-order chi connectivity index (χ1) is 34.6. The van der Waals surface area contributed by atoms with Crippen molar-refractivity contribution >= 4 is 0 Å². The van der Waals surface area contributed by atoms with E-state index in [-0.39, 0.29) is 47.1 Å². The van der Waals surface area contributed by atoms with E-state index in [2.05, 4.69) is 16.4 Å². The number of alkyl halides is 4. The summed E-state index contributed by atoms with van der Waals surface area (Å²) in [6, 6.07) is 21.0. The Balaban J connectivity index is 0.000000214. The van der Waals surface area contributed by atoms with Crippen LogP contribution in [0.5, 0.6) is 11.5 Å². The van der Waals surface area contributed by atoms with Crippen molar-refractivity contribution in [3.8, 4) is 44.9 Å². The molecule has 0 saturated carbocycles. The highest BCUT2D eigenvalue weighted by Gasteiger charge is 2.43. The molecule has 1 aliphatic heterocycles. The van der Waals surface area contributed by atoms with Gasteiger partial charge in [0.05, 0.1) is 12.7 Å². The molecule has 0 N–H and O–H groups in total. The molecule has 3 nitrogen and oxygen atoms in total. The summed E-state index contributed by atoms with van der Waals surface area (Å²) in [6.07, 6.45) is -3.48. The standard InChI is InChI=1S/C28H18F8O.C27H23F7O2/c1-2-3-15-4-6-16(7-5-15)17-8-9-20(21(29)10-17)18-11-22(30)26(23(31)12-18)28(35,36)37-19-13-24(32)27(34)25(33)14-19;1-2-3-15-4-9-24(35-14-15)17-7-5-16(6-8-17)18-10-20(28)25(21(29)11-18)27(33,34)36-19-12-22(30)26(32)23(31)13-19/h4-14H,2-3H2,1H3;5-8,10-13,15,24H,2-4,9,14H2,1H3. The van der Waals surface area contributed by atoms with Gasteiger partial charge in [0.25, 0.3) is 0 Å². The van der Waals surface area contributed by atoms with Crippen molar-refractivity contribution in [2.24, 2.45) is 5.92 Å². The van der Waals surface area contributed by atoms with Crippen LogP contribution in [0.15, 0.2) is 115 Å². The normalized spacial score (nSPS) is 14.9. The summed E-state index contributed by atoms with van der Waals surface area (Å²) in [5.74, 6) is -20.6. The molecule has 73 heavy (non-hydrogen) atoms. The number of ether oxygens (including phenoxy) is 3. The monoisotopic (exact) mass is 1030 g/mol. The van der Waals surface area contributed by atoms with Crippen molar-refractivity contribution in [2.45, 2.75) is 70.7 Å². The van der Waals surface area contributed by atoms with E-state index in [1.807, 2.05) is 31.2 Å². The molecule has 7 aromatic carbocycles. The lowest BCUT2D eigenvalue weighted by molar-refractivity contribution is -0.190. The third kappa shape index (κ3) is 12.5. The van der Waals surface area contributed by atoms with Crippen molar-refractivity contribution in [3.05, 3.63) is 202 Å². The van der Waals surface area contributed by atoms with Gasteiger partial charge in [0.1, 0.15) is 51.7 Å². The fraction of sp³-hybridized carbons (Fsp3) is 0.236. The first kappa shape index (κ1) is 53.8. The number of halogens is 15. The molecule has 8 rings (SSSR count). The molecule has 0 aromatic heterocycles. The van der Waals surface area contributed by atoms with Crippen molar-refractivity contribution in [3.63, 3.8) is 0 Å². The summed E-state index contributed by atoms with van der Waals surface area (Å²) in [7, 11) is 0. The van der Waals surface area contributed by atoms with Crippen LogP contribution in [0, 0.1) is 69.9 Å². The van der Waals surface area contributed by atoms with Gasteiger partial charge in [0.2, 0.25) is 0 Å². The maximum Gasteiger partial charge on any atom is 0.432 e. The molecular formula is C55H41F15O3. The van der Waals surface area contributed by atoms with E-state index in [1.54, 1.807) is 24.3 Å². The lowest BCUT2D eigenvalue weighted by Crippen LogP contribution is -2.25. The van der Waals surface area contributed by atoms with Gasteiger partial charge >= 0.3 is 12.2 Å². The molecular weight excluding hydrogens is 994 g/mol. The highest BCUT2D eigenvalue weighted by Crippen LogP contribution is 2.41. The predicted molar refractivity (Wildman–Crippen MR) is 241 cm³/mol. The molecule has 18 heteroatoms. The molecule has 2 atom stereocenters. The number of aryl methyl sites for hydroxylation is 1. The molecule has 7 aromatic rings. The van der Waals surface area contributed by atoms with Crippen LogP contribution in [-0.4, -0.2) is 6.61 Å². The second-order valence-electron chi connectivity index (χ2n) is 17.1. The first-order valence-corrected chi connectivity index (χ1v) is 22.6. The third-order valence-electron chi connectivity index (χ3n) is 11.9. The van der Waals surface area contributed by atoms with E-state index < -0.39 is 98.8 Å². The first-order valence-electron chi connectivity index (χ1n) is 22.6. The third-order valence-corrected chi connectivity index (χ3v) is 11.9. The average molecular weight is 1030 g/mol. The zero-order valence-corrected chi connectivity index (χ0v) is 38.5. The van der Waals surface area contributed by atoms with Crippen LogP contribution >= 0.6 is 0 Å². The van der Waals surface area contributed by atoms with Crippen LogP contribution < -0.4 is 9.47 Å². The SMILES string of the molecule is CCCC1CCC(c2ccc(-c3cc(F)c(C(F)(F)Oc4cc(F)c(F)c(F)c4)c(F)c3)cc2)OC1.CCCc1ccc(-c2ccc(-c3cc(F)c(C(F)(F)Oc4cc(F)c(F)c(F)c4)c(F)c3)c(F)c2)cc1. The molecule has 0 radical (unpaired) electrons. The van der Waals surface area contributed by atoms with Gasteiger partial charge in [-0.05, 0) is 101 Å². The number of hydrogen-bond acceptors (Lipinski definition) is 3. The van der Waals surface area contributed by atoms with Gasteiger partial charge in [-0.1, -0.05) is 87.4 Å². The van der Waals surface area contributed by atoms with Gasteiger partial charge in [-0.15, -0.1) is 0 Å². The minimum atomic E-state index is -4.74. The Morgan fingerprint density at radius 1 is 0.452 bits per heavy atom. The molecule has 384 valence electrons. The van der Waals surface area contributed by atoms with Gasteiger partial charge in [-0.25, -0.2) is 48.3 Å². The van der Waals surface area contributed by atoms with E-state index >= 15 is 0 Å². The Morgan fingerprint density at radius 3 is 1.30 bits per heavy atom. The van der Waals surface area contributed by atoms with Gasteiger partial charge in [0, 0.05) is 29.8 Å². The summed E-state index contributed by atoms with van der Waals surface area (Å²) in [5, 5.41) is 0. The lowest BCUT2D eigenvalue weighted by Gasteiger charge is -2.29. The molecule has 1 fully saturated rings. The summed E-state index contributed by atoms with van der Waals surface area (Å²) in [6.45, 7) is 4.85. The quantitative estimate of drug-likeness (QED) is 0.0802. The van der Waals surface area contributed by atoms with Crippen molar-refractivity contribution < 1.29 is 80.1 Å². The van der Waals surface area contributed by atoms with Crippen molar-refractivity contribution in [1.29, 1.82) is 0 Å². The van der Waals surface area contributed by atoms with Gasteiger partial charge in [-0.3, -0.25) is 0 Å². The van der Waals surface area contributed by atoms with Crippen LogP contribution in [0.4, 0.5) is 65.9 Å². The van der Waals surface area contributed by atoms with Crippen LogP contribution in [-0.2, 0) is 23.4 Å². The average Bonchev–Trinajstić information content (AvgIpc) is 3.32. The predicted octanol–water partition coefficient (Wildman–Crippen LogP) is 17.4. The Morgan fingerprint density at radius 2 is 0.877 bits per heavy atom. The van der Waals surface area contributed by atoms with Crippen molar-refractivity contribution in [1.82, 2.24) is 0 Å². The highest BCUT2D eigenvalue weighted by atomic mass is 19.3. The Labute approximate surface area is 408 Å². The lowest BCUT2D eigenvalue weighted by atomic mass is 9.91. The van der Waals surface area contributed by atoms with Gasteiger partial charge in [-0.2, -0.15) is 17.6 Å². The minimum absolute atomic E-state index is 0.00236. The van der Waals surface area contributed by atoms with Crippen molar-refractivity contribution in [2.75, 3.05) is 6.61 Å². The van der Waals surface area contributed by atoms with Crippen LogP contribution in [0.1, 0.15) is 74.3 Å². The van der Waals surface area contributed by atoms with E-state index in [0.29, 0.717) is 53.5 Å². The summed E-state index contributed by atoms with van der Waals surface area (Å²) < 4.78 is 225. The zero-order valence-electron chi connectivity index (χ0n) is 38.5. The second-order valence-corrected chi connectivity index (χ2v) is 17.1. The van der Waals surface area contributed by atoms with Crippen LogP contribution in [0.3, 0.4) is 0 Å². The largest absolute Gasteiger partial charge is 0.432 e. The Kier molecular flexibility index (Phi) is 16.6. The van der Waals surface area contributed by atoms with E-state index in [1.165, 1.54) is 12.1 Å². The summed E-state index contributed by atoms with van der Waals surface area (Å²) in [5.41, 5.74) is -0.606. The second kappa shape index (κ2) is 22.4. The number of rotatable bonds is 14. The Bertz CT molecular complexity index is 2990. The molecule has 2 unspecified atom stereocenters. The van der Waals surface area contributed by atoms with Gasteiger partial charge in [0.15, 0.2) is 34.9 Å². The summed E-state index contributed by atoms with van der Waals surface area (Å²) >= 11 is 0. The van der Waals surface area contributed by atoms with E-state index in [0.717, 1.165) is 55.7 Å². The molecule has 1 aliphatic rings. The molecule has 0 spiro atoms. The van der Waals surface area contributed by atoms with E-state index in [4.69, 9.17) is 4.74 Å².